The number of rotatable bonds is 5. The Hall–Kier alpha value is -1.71. The fourth-order valence-electron chi connectivity index (χ4n) is 1.32. The number of carbonyl (C=O) groups is 1. The molecule has 0 spiro atoms. The van der Waals surface area contributed by atoms with Crippen LogP contribution in [0, 0.1) is 17.6 Å². The molecule has 17 heavy (non-hydrogen) atoms. The van der Waals surface area contributed by atoms with Gasteiger partial charge in [0.05, 0.1) is 5.92 Å². The van der Waals surface area contributed by atoms with Crippen LogP contribution >= 0.6 is 0 Å². The lowest BCUT2D eigenvalue weighted by atomic mass is 10.1. The van der Waals surface area contributed by atoms with Crippen LogP contribution in [-0.2, 0) is 4.79 Å². The highest BCUT2D eigenvalue weighted by Gasteiger charge is 2.08. The average molecular weight is 240 g/mol. The van der Waals surface area contributed by atoms with E-state index in [0.29, 0.717) is 12.8 Å². The lowest BCUT2D eigenvalue weighted by Gasteiger charge is -2.02. The van der Waals surface area contributed by atoms with Crippen molar-refractivity contribution in [2.75, 3.05) is 0 Å². The molecule has 4 heteroatoms. The van der Waals surface area contributed by atoms with Crippen molar-refractivity contribution in [3.05, 3.63) is 41.5 Å². The average Bonchev–Trinajstić information content (AvgIpc) is 2.28. The third-order valence-corrected chi connectivity index (χ3v) is 2.44. The maximum Gasteiger partial charge on any atom is 0.306 e. The number of hydrogen-bond acceptors (Lipinski definition) is 1. The van der Waals surface area contributed by atoms with E-state index in [-0.39, 0.29) is 5.56 Å². The van der Waals surface area contributed by atoms with E-state index in [9.17, 15) is 13.6 Å². The van der Waals surface area contributed by atoms with Gasteiger partial charge >= 0.3 is 5.97 Å². The first-order valence-electron chi connectivity index (χ1n) is 5.35. The molecule has 2 nitrogen and oxygen atoms in total. The zero-order valence-corrected chi connectivity index (χ0v) is 9.49. The maximum atomic E-state index is 13.2. The first-order valence-corrected chi connectivity index (χ1v) is 5.35. The van der Waals surface area contributed by atoms with Gasteiger partial charge in [0.1, 0.15) is 11.6 Å². The van der Waals surface area contributed by atoms with Crippen LogP contribution < -0.4 is 0 Å². The Morgan fingerprint density at radius 1 is 1.47 bits per heavy atom. The van der Waals surface area contributed by atoms with E-state index < -0.39 is 23.5 Å². The fourth-order valence-corrected chi connectivity index (χ4v) is 1.32. The molecule has 0 amide bonds. The largest absolute Gasteiger partial charge is 0.481 e. The van der Waals surface area contributed by atoms with Gasteiger partial charge in [-0.1, -0.05) is 19.1 Å². The number of aliphatic carboxylic acids is 1. The molecule has 1 rings (SSSR count). The van der Waals surface area contributed by atoms with Crippen molar-refractivity contribution in [1.82, 2.24) is 0 Å². The highest BCUT2D eigenvalue weighted by atomic mass is 19.1. The molecular weight excluding hydrogens is 226 g/mol. The second-order valence-corrected chi connectivity index (χ2v) is 3.88. The molecule has 1 unspecified atom stereocenters. The van der Waals surface area contributed by atoms with Gasteiger partial charge in [-0.05, 0) is 31.0 Å². The lowest BCUT2D eigenvalue weighted by Crippen LogP contribution is -2.08. The highest BCUT2D eigenvalue weighted by molar-refractivity contribution is 5.69. The van der Waals surface area contributed by atoms with E-state index in [1.807, 2.05) is 0 Å². The van der Waals surface area contributed by atoms with Crippen LogP contribution in [0.4, 0.5) is 8.78 Å². The van der Waals surface area contributed by atoms with Crippen molar-refractivity contribution in [3.8, 4) is 0 Å². The third-order valence-electron chi connectivity index (χ3n) is 2.44. The van der Waals surface area contributed by atoms with E-state index in [4.69, 9.17) is 5.11 Å². The Balaban J connectivity index is 2.54. The van der Waals surface area contributed by atoms with Crippen molar-refractivity contribution < 1.29 is 18.7 Å². The molecule has 1 aromatic rings. The topological polar surface area (TPSA) is 37.3 Å². The monoisotopic (exact) mass is 240 g/mol. The summed E-state index contributed by atoms with van der Waals surface area (Å²) in [5.41, 5.74) is 0.174. The van der Waals surface area contributed by atoms with E-state index in [1.165, 1.54) is 6.08 Å². The first kappa shape index (κ1) is 13.4. The molecule has 0 saturated heterocycles. The van der Waals surface area contributed by atoms with Gasteiger partial charge in [0.15, 0.2) is 0 Å². The van der Waals surface area contributed by atoms with Gasteiger partial charge in [0, 0.05) is 5.56 Å². The molecule has 0 aliphatic carbocycles. The maximum absolute atomic E-state index is 13.2. The van der Waals surface area contributed by atoms with Gasteiger partial charge in [-0.25, -0.2) is 8.78 Å². The molecule has 0 radical (unpaired) electrons. The quantitative estimate of drug-likeness (QED) is 0.855. The molecule has 0 aromatic heterocycles. The predicted molar refractivity (Wildman–Crippen MR) is 61.4 cm³/mol. The zero-order valence-electron chi connectivity index (χ0n) is 9.49. The molecule has 0 saturated carbocycles. The highest BCUT2D eigenvalue weighted by Crippen LogP contribution is 2.13. The molecule has 0 fully saturated rings. The second kappa shape index (κ2) is 6.13. The zero-order chi connectivity index (χ0) is 12.8. The van der Waals surface area contributed by atoms with E-state index >= 15 is 0 Å². The number of halogens is 2. The van der Waals surface area contributed by atoms with Crippen LogP contribution in [-0.4, -0.2) is 11.1 Å². The van der Waals surface area contributed by atoms with Crippen LogP contribution in [0.2, 0.25) is 0 Å². The Bertz CT molecular complexity index is 427. The minimum atomic E-state index is -0.852. The van der Waals surface area contributed by atoms with Crippen molar-refractivity contribution in [2.45, 2.75) is 19.8 Å². The van der Waals surface area contributed by atoms with Gasteiger partial charge in [-0.2, -0.15) is 0 Å². The summed E-state index contributed by atoms with van der Waals surface area (Å²) < 4.78 is 26.0. The molecule has 0 aliphatic rings. The summed E-state index contributed by atoms with van der Waals surface area (Å²) in [6.45, 7) is 1.61. The Labute approximate surface area is 98.6 Å². The Kier molecular flexibility index (Phi) is 4.82. The number of allylic oxidation sites excluding steroid dienone is 1. The van der Waals surface area contributed by atoms with Crippen LogP contribution in [0.3, 0.4) is 0 Å². The first-order chi connectivity index (χ1) is 8.00. The molecule has 92 valence electrons. The minimum absolute atomic E-state index is 0.174. The van der Waals surface area contributed by atoms with Gasteiger partial charge < -0.3 is 5.11 Å². The van der Waals surface area contributed by atoms with Crippen LogP contribution in [0.25, 0.3) is 6.08 Å². The van der Waals surface area contributed by atoms with Crippen LogP contribution in [0.1, 0.15) is 25.3 Å². The second-order valence-electron chi connectivity index (χ2n) is 3.88. The van der Waals surface area contributed by atoms with Crippen LogP contribution in [0.5, 0.6) is 0 Å². The number of hydrogen-bond donors (Lipinski definition) is 1. The van der Waals surface area contributed by atoms with E-state index in [2.05, 4.69) is 0 Å². The Morgan fingerprint density at radius 2 is 2.18 bits per heavy atom. The van der Waals surface area contributed by atoms with Crippen molar-refractivity contribution in [1.29, 1.82) is 0 Å². The van der Waals surface area contributed by atoms with Crippen LogP contribution in [0.15, 0.2) is 24.3 Å². The number of carboxylic acid groups (broad SMARTS) is 1. The smallest absolute Gasteiger partial charge is 0.306 e. The molecule has 0 bridgehead atoms. The standard InChI is InChI=1S/C13H14F2O2/c1-9(13(16)17)4-2-3-5-10-8-11(14)6-7-12(10)15/h3,5-9H,2,4H2,1H3,(H,16,17)/b5-3+. The van der Waals surface area contributed by atoms with Gasteiger partial charge in [-0.3, -0.25) is 4.79 Å². The summed E-state index contributed by atoms with van der Waals surface area (Å²) >= 11 is 0. The van der Waals surface area contributed by atoms with E-state index in [1.54, 1.807) is 13.0 Å². The normalized spacial score (nSPS) is 12.9. The van der Waals surface area contributed by atoms with Gasteiger partial charge in [0.2, 0.25) is 0 Å². The van der Waals surface area contributed by atoms with Crippen molar-refractivity contribution in [2.24, 2.45) is 5.92 Å². The summed E-state index contributed by atoms with van der Waals surface area (Å²) in [6.07, 6.45) is 4.11. The summed E-state index contributed by atoms with van der Waals surface area (Å²) in [6, 6.07) is 3.22. The summed E-state index contributed by atoms with van der Waals surface area (Å²) in [4.78, 5) is 10.5. The fraction of sp³-hybridized carbons (Fsp3) is 0.308. The molecule has 1 atom stereocenters. The number of benzene rings is 1. The Morgan fingerprint density at radius 3 is 2.82 bits per heavy atom. The third kappa shape index (κ3) is 4.34. The molecular formula is C13H14F2O2. The summed E-state index contributed by atoms with van der Waals surface area (Å²) in [5, 5.41) is 8.65. The summed E-state index contributed by atoms with van der Waals surface area (Å²) in [5.74, 6) is -2.27. The van der Waals surface area contributed by atoms with Gasteiger partial charge in [-0.15, -0.1) is 0 Å². The van der Waals surface area contributed by atoms with Crippen molar-refractivity contribution >= 4 is 12.0 Å². The minimum Gasteiger partial charge on any atom is -0.481 e. The lowest BCUT2D eigenvalue weighted by molar-refractivity contribution is -0.141. The van der Waals surface area contributed by atoms with E-state index in [0.717, 1.165) is 18.2 Å². The van der Waals surface area contributed by atoms with Crippen molar-refractivity contribution in [3.63, 3.8) is 0 Å². The predicted octanol–water partition coefficient (Wildman–Crippen LogP) is 3.48. The SMILES string of the molecule is CC(CC/C=C/c1cc(F)ccc1F)C(=O)O. The summed E-state index contributed by atoms with van der Waals surface area (Å²) in [7, 11) is 0. The van der Waals surface area contributed by atoms with Gasteiger partial charge in [0.25, 0.3) is 0 Å². The molecule has 1 N–H and O–H groups in total. The molecule has 0 heterocycles. The molecule has 1 aromatic carbocycles. The molecule has 0 aliphatic heterocycles. The number of carboxylic acids is 1.